The van der Waals surface area contributed by atoms with Crippen LogP contribution in [0.2, 0.25) is 0 Å². The summed E-state index contributed by atoms with van der Waals surface area (Å²) in [5, 5.41) is 6.20. The fraction of sp³-hybridized carbons (Fsp3) is 0.226. The smallest absolute Gasteiger partial charge is 0.0620 e. The van der Waals surface area contributed by atoms with Crippen molar-refractivity contribution in [1.29, 1.82) is 0 Å². The van der Waals surface area contributed by atoms with Crippen LogP contribution in [0.5, 0.6) is 0 Å². The lowest BCUT2D eigenvalue weighted by Gasteiger charge is -2.54. The molecule has 0 spiro atoms. The van der Waals surface area contributed by atoms with Gasteiger partial charge in [-0.05, 0) is 65.8 Å². The van der Waals surface area contributed by atoms with E-state index in [0.29, 0.717) is 6.04 Å². The summed E-state index contributed by atoms with van der Waals surface area (Å²) in [6.45, 7) is 0. The van der Waals surface area contributed by atoms with E-state index in [1.54, 1.807) is 21.2 Å². The lowest BCUT2D eigenvalue weighted by molar-refractivity contribution is 0.345. The maximum absolute atomic E-state index is 3.16. The van der Waals surface area contributed by atoms with Gasteiger partial charge in [-0.25, -0.2) is 0 Å². The molecular weight excluding hydrogens is 448 g/mol. The molecule has 1 nitrogen and oxygen atoms in total. The summed E-state index contributed by atoms with van der Waals surface area (Å²) in [5.41, 5.74) is 0. The van der Waals surface area contributed by atoms with E-state index in [-0.39, 0.29) is 0 Å². The minimum Gasteiger partial charge on any atom is -0.0620 e. The number of hydrogen-bond donors (Lipinski definition) is 0. The van der Waals surface area contributed by atoms with Crippen molar-refractivity contribution < 1.29 is 0 Å². The monoisotopic (exact) mass is 481 g/mol. The van der Waals surface area contributed by atoms with Crippen LogP contribution in [0.3, 0.4) is 0 Å². The first-order chi connectivity index (χ1) is 16.9. The van der Waals surface area contributed by atoms with Crippen molar-refractivity contribution >= 4 is 36.0 Å². The number of benzene rings is 4. The van der Waals surface area contributed by atoms with Crippen LogP contribution in [-0.2, 0) is 0 Å². The molecule has 0 radical (unpaired) electrons. The van der Waals surface area contributed by atoms with E-state index in [2.05, 4.69) is 126 Å². The van der Waals surface area contributed by atoms with E-state index in [0.717, 1.165) is 0 Å². The Labute approximate surface area is 205 Å². The van der Waals surface area contributed by atoms with Gasteiger partial charge in [-0.15, -0.1) is 0 Å². The van der Waals surface area contributed by atoms with E-state index >= 15 is 0 Å². The molecule has 34 heavy (non-hydrogen) atoms. The van der Waals surface area contributed by atoms with Gasteiger partial charge in [0.1, 0.15) is 21.2 Å². The molecular formula is C31H33NP2+2. The third-order valence-electron chi connectivity index (χ3n) is 7.74. The molecule has 1 saturated heterocycles. The first-order valence-electron chi connectivity index (χ1n) is 12.6. The number of nitrogens with zero attached hydrogens (tertiary/aromatic N) is 1. The Hall–Kier alpha value is -2.30. The van der Waals surface area contributed by atoms with Crippen molar-refractivity contribution in [3.63, 3.8) is 0 Å². The maximum Gasteiger partial charge on any atom is 0.227 e. The van der Waals surface area contributed by atoms with Gasteiger partial charge in [-0.2, -0.15) is 0 Å². The van der Waals surface area contributed by atoms with Crippen LogP contribution in [0.1, 0.15) is 32.1 Å². The summed E-state index contributed by atoms with van der Waals surface area (Å²) in [5.74, 6) is 1.26. The van der Waals surface area contributed by atoms with Gasteiger partial charge in [-0.1, -0.05) is 92.1 Å². The molecule has 1 aliphatic carbocycles. The summed E-state index contributed by atoms with van der Waals surface area (Å²) in [6, 6.07) is 46.7. The van der Waals surface area contributed by atoms with E-state index in [1.165, 1.54) is 38.0 Å². The molecule has 3 heteroatoms. The largest absolute Gasteiger partial charge is 0.227 e. The predicted octanol–water partition coefficient (Wildman–Crippen LogP) is 6.76. The normalized spacial score (nSPS) is 19.9. The number of hydrogen-bond acceptors (Lipinski definition) is 1. The molecule has 0 aromatic heterocycles. The summed E-state index contributed by atoms with van der Waals surface area (Å²) in [7, 11) is -3.45. The molecule has 0 atom stereocenters. The molecule has 0 bridgehead atoms. The Morgan fingerprint density at radius 3 is 1.09 bits per heavy atom. The van der Waals surface area contributed by atoms with E-state index in [4.69, 9.17) is 0 Å². The zero-order valence-corrected chi connectivity index (χ0v) is 21.5. The van der Waals surface area contributed by atoms with Crippen LogP contribution in [0.4, 0.5) is 0 Å². The zero-order valence-electron chi connectivity index (χ0n) is 19.7. The van der Waals surface area contributed by atoms with E-state index < -0.39 is 14.8 Å². The predicted molar refractivity (Wildman–Crippen MR) is 152 cm³/mol. The van der Waals surface area contributed by atoms with Crippen LogP contribution >= 0.6 is 14.8 Å². The molecule has 6 rings (SSSR count). The van der Waals surface area contributed by atoms with Gasteiger partial charge >= 0.3 is 0 Å². The van der Waals surface area contributed by atoms with Crippen LogP contribution in [0.15, 0.2) is 121 Å². The second-order valence-corrected chi connectivity index (χ2v) is 17.1. The molecule has 0 unspecified atom stereocenters. The van der Waals surface area contributed by atoms with Gasteiger partial charge in [0.05, 0.1) is 6.04 Å². The highest BCUT2D eigenvalue weighted by Gasteiger charge is 2.81. The molecule has 0 amide bonds. The second kappa shape index (κ2) is 9.39. The minimum atomic E-state index is -1.72. The molecule has 4 aromatic carbocycles. The molecule has 2 fully saturated rings. The first-order valence-corrected chi connectivity index (χ1v) is 16.5. The SMILES string of the molecule is c1ccc([P+]2(c3ccccc3)C[P+](c3ccccc3)(c3ccccc3)N2C2CCCCC2)cc1. The molecule has 0 N–H and O–H groups in total. The quantitative estimate of drug-likeness (QED) is 0.285. The Morgan fingerprint density at radius 2 is 0.765 bits per heavy atom. The van der Waals surface area contributed by atoms with Gasteiger partial charge in [-0.3, -0.25) is 0 Å². The van der Waals surface area contributed by atoms with E-state index in [9.17, 15) is 0 Å². The molecule has 4 aromatic rings. The molecule has 1 heterocycles. The number of rotatable bonds is 5. The Bertz CT molecular complexity index is 1040. The Kier molecular flexibility index (Phi) is 6.13. The highest BCUT2D eigenvalue weighted by atomic mass is 31.3. The van der Waals surface area contributed by atoms with Crippen LogP contribution in [0, 0.1) is 0 Å². The summed E-state index contributed by atoms with van der Waals surface area (Å²) in [6.07, 6.45) is 6.74. The third-order valence-corrected chi connectivity index (χ3v) is 19.5. The van der Waals surface area contributed by atoms with Crippen LogP contribution < -0.4 is 21.2 Å². The fourth-order valence-electron chi connectivity index (χ4n) is 6.29. The molecule has 1 saturated carbocycles. The average Bonchev–Trinajstić information content (AvgIpc) is 2.92. The third kappa shape index (κ3) is 3.49. The fourth-order valence-corrected chi connectivity index (χ4v) is 20.9. The van der Waals surface area contributed by atoms with E-state index in [1.807, 2.05) is 0 Å². The lowest BCUT2D eigenvalue weighted by atomic mass is 9.96. The Balaban J connectivity index is 1.64. The topological polar surface area (TPSA) is 3.24 Å². The van der Waals surface area contributed by atoms with Crippen LogP contribution in [-0.4, -0.2) is 16.4 Å². The van der Waals surface area contributed by atoms with Gasteiger partial charge in [0, 0.05) is 0 Å². The highest BCUT2D eigenvalue weighted by Crippen LogP contribution is 2.92. The minimum absolute atomic E-state index is 0.644. The maximum atomic E-state index is 3.16. The lowest BCUT2D eigenvalue weighted by Crippen LogP contribution is -2.58. The second-order valence-electron chi connectivity index (χ2n) is 9.63. The summed E-state index contributed by atoms with van der Waals surface area (Å²) in [4.78, 5) is 0. The molecule has 1 aliphatic heterocycles. The highest BCUT2D eigenvalue weighted by molar-refractivity contribution is 8.15. The molecule has 170 valence electrons. The van der Waals surface area contributed by atoms with Crippen molar-refractivity contribution in [2.24, 2.45) is 0 Å². The molecule has 2 aliphatic rings. The van der Waals surface area contributed by atoms with Gasteiger partial charge in [0.2, 0.25) is 20.7 Å². The standard InChI is InChI=1S/C31H33NP2/c1-6-16-27(17-7-1)32-33(28-18-8-2-9-19-28,29-20-10-3-11-21-29)26-34(32,30-22-12-4-13-23-30)31-24-14-5-15-25-31/h2-5,8-15,18-25,27H,1,6-7,16-17,26H2/q+2. The average molecular weight is 482 g/mol. The zero-order chi connectivity index (χ0) is 22.8. The van der Waals surface area contributed by atoms with Gasteiger partial charge in [0.15, 0.2) is 0 Å². The summed E-state index contributed by atoms with van der Waals surface area (Å²) < 4.78 is 3.16. The van der Waals surface area contributed by atoms with Crippen LogP contribution in [0.25, 0.3) is 0 Å². The van der Waals surface area contributed by atoms with Crippen molar-refractivity contribution in [3.05, 3.63) is 121 Å². The Morgan fingerprint density at radius 1 is 0.441 bits per heavy atom. The summed E-state index contributed by atoms with van der Waals surface area (Å²) >= 11 is 0. The first kappa shape index (κ1) is 22.2. The van der Waals surface area contributed by atoms with Gasteiger partial charge in [0.25, 0.3) is 0 Å². The van der Waals surface area contributed by atoms with Crippen molar-refractivity contribution in [2.45, 2.75) is 38.1 Å². The van der Waals surface area contributed by atoms with Gasteiger partial charge < -0.3 is 0 Å². The van der Waals surface area contributed by atoms with Crippen molar-refractivity contribution in [1.82, 2.24) is 4.44 Å². The van der Waals surface area contributed by atoms with Crippen molar-refractivity contribution in [2.75, 3.05) is 5.90 Å². The van der Waals surface area contributed by atoms with Crippen molar-refractivity contribution in [3.8, 4) is 0 Å².